The lowest BCUT2D eigenvalue weighted by molar-refractivity contribution is 0.204. The Morgan fingerprint density at radius 3 is 2.69 bits per heavy atom. The highest BCUT2D eigenvalue weighted by molar-refractivity contribution is 7.13. The summed E-state index contributed by atoms with van der Waals surface area (Å²) in [4.78, 5) is 4.25. The molecule has 0 radical (unpaired) electrons. The molecule has 1 rings (SSSR count). The van der Waals surface area contributed by atoms with Crippen LogP contribution in [0.2, 0.25) is 0 Å². The second-order valence-corrected chi connectivity index (χ2v) is 3.56. The minimum absolute atomic E-state index is 0.0858. The Kier molecular flexibility index (Phi) is 4.14. The average Bonchev–Trinajstić information content (AvgIpc) is 2.61. The minimum atomic E-state index is -0.309. The van der Waals surface area contributed by atoms with Gasteiger partial charge in [-0.1, -0.05) is 6.92 Å². The number of rotatable bonds is 5. The van der Waals surface area contributed by atoms with E-state index in [2.05, 4.69) is 10.3 Å². The van der Waals surface area contributed by atoms with Crippen molar-refractivity contribution in [1.29, 1.82) is 0 Å². The van der Waals surface area contributed by atoms with Crippen LogP contribution in [0.15, 0.2) is 5.38 Å². The van der Waals surface area contributed by atoms with Crippen LogP contribution in [-0.2, 0) is 6.42 Å². The van der Waals surface area contributed by atoms with E-state index in [1.807, 2.05) is 12.3 Å². The van der Waals surface area contributed by atoms with Gasteiger partial charge in [-0.05, 0) is 6.42 Å². The van der Waals surface area contributed by atoms with Crippen molar-refractivity contribution in [2.45, 2.75) is 19.4 Å². The summed E-state index contributed by atoms with van der Waals surface area (Å²) in [5.41, 5.74) is 1.03. The van der Waals surface area contributed by atoms with Crippen molar-refractivity contribution in [3.05, 3.63) is 11.1 Å². The van der Waals surface area contributed by atoms with Gasteiger partial charge in [0.25, 0.3) is 0 Å². The summed E-state index contributed by atoms with van der Waals surface area (Å²) in [5, 5.41) is 23.3. The molecule has 0 aliphatic rings. The number of anilines is 1. The van der Waals surface area contributed by atoms with Crippen molar-refractivity contribution < 1.29 is 10.2 Å². The maximum absolute atomic E-state index is 8.81. The second kappa shape index (κ2) is 5.16. The molecule has 3 N–H and O–H groups in total. The number of nitrogens with one attached hydrogen (secondary N) is 1. The predicted octanol–water partition coefficient (Wildman–Crippen LogP) is 0.471. The molecule has 0 spiro atoms. The van der Waals surface area contributed by atoms with Gasteiger partial charge in [-0.3, -0.25) is 0 Å². The van der Waals surface area contributed by atoms with Crippen LogP contribution < -0.4 is 5.32 Å². The number of aliphatic hydroxyl groups is 2. The Labute approximate surface area is 81.3 Å². The molecule has 0 atom stereocenters. The first-order valence-electron chi connectivity index (χ1n) is 4.22. The topological polar surface area (TPSA) is 65.4 Å². The second-order valence-electron chi connectivity index (χ2n) is 2.70. The van der Waals surface area contributed by atoms with Crippen molar-refractivity contribution >= 4 is 16.5 Å². The molecule has 0 fully saturated rings. The Bertz CT molecular complexity index is 248. The lowest BCUT2D eigenvalue weighted by Crippen LogP contribution is -2.27. The van der Waals surface area contributed by atoms with Crippen molar-refractivity contribution in [3.8, 4) is 0 Å². The van der Waals surface area contributed by atoms with Gasteiger partial charge in [0.15, 0.2) is 5.13 Å². The van der Waals surface area contributed by atoms with Crippen LogP contribution in [0.1, 0.15) is 12.6 Å². The zero-order valence-corrected chi connectivity index (χ0v) is 8.34. The minimum Gasteiger partial charge on any atom is -0.394 e. The average molecular weight is 202 g/mol. The first kappa shape index (κ1) is 10.4. The Morgan fingerprint density at radius 1 is 1.54 bits per heavy atom. The zero-order chi connectivity index (χ0) is 9.68. The standard InChI is InChI=1S/C8H14N2O2S/c1-2-6-5-13-8(9-6)10-7(3-11)4-12/h5,7,11-12H,2-4H2,1H3,(H,9,10). The molecule has 0 amide bonds. The number of aryl methyl sites for hydroxylation is 1. The van der Waals surface area contributed by atoms with E-state index < -0.39 is 0 Å². The summed E-state index contributed by atoms with van der Waals surface area (Å²) in [7, 11) is 0. The normalized spacial score (nSPS) is 10.8. The van der Waals surface area contributed by atoms with Crippen molar-refractivity contribution in [1.82, 2.24) is 4.98 Å². The lowest BCUT2D eigenvalue weighted by atomic mass is 10.3. The molecule has 0 aliphatic carbocycles. The van der Waals surface area contributed by atoms with E-state index in [1.54, 1.807) is 0 Å². The van der Waals surface area contributed by atoms with Crippen LogP contribution in [-0.4, -0.2) is 34.5 Å². The molecule has 0 unspecified atom stereocenters. The quantitative estimate of drug-likeness (QED) is 0.649. The van der Waals surface area contributed by atoms with Gasteiger partial charge in [0.1, 0.15) is 0 Å². The van der Waals surface area contributed by atoms with Crippen molar-refractivity contribution in [3.63, 3.8) is 0 Å². The molecule has 4 nitrogen and oxygen atoms in total. The Hall–Kier alpha value is -0.650. The van der Waals surface area contributed by atoms with Crippen LogP contribution in [0.5, 0.6) is 0 Å². The largest absolute Gasteiger partial charge is 0.394 e. The third-order valence-corrected chi connectivity index (χ3v) is 2.50. The van der Waals surface area contributed by atoms with Gasteiger partial charge in [-0.15, -0.1) is 11.3 Å². The SMILES string of the molecule is CCc1csc(NC(CO)CO)n1. The van der Waals surface area contributed by atoms with Crippen molar-refractivity contribution in [2.75, 3.05) is 18.5 Å². The van der Waals surface area contributed by atoms with E-state index in [9.17, 15) is 0 Å². The van der Waals surface area contributed by atoms with Gasteiger partial charge in [-0.2, -0.15) is 0 Å². The van der Waals surface area contributed by atoms with Gasteiger partial charge in [-0.25, -0.2) is 4.98 Å². The van der Waals surface area contributed by atoms with Crippen LogP contribution in [0, 0.1) is 0 Å². The van der Waals surface area contributed by atoms with Gasteiger partial charge in [0, 0.05) is 5.38 Å². The third kappa shape index (κ3) is 2.95. The maximum atomic E-state index is 8.81. The number of aliphatic hydroxyl groups excluding tert-OH is 2. The van der Waals surface area contributed by atoms with Crippen LogP contribution in [0.4, 0.5) is 5.13 Å². The predicted molar refractivity (Wildman–Crippen MR) is 53.1 cm³/mol. The summed E-state index contributed by atoms with van der Waals surface area (Å²) >= 11 is 1.49. The molecule has 0 aliphatic heterocycles. The molecule has 0 aromatic carbocycles. The summed E-state index contributed by atoms with van der Waals surface area (Å²) in [6, 6.07) is -0.309. The van der Waals surface area contributed by atoms with E-state index >= 15 is 0 Å². The highest BCUT2D eigenvalue weighted by Crippen LogP contribution is 2.16. The number of thiazole rings is 1. The zero-order valence-electron chi connectivity index (χ0n) is 7.53. The fourth-order valence-electron chi connectivity index (χ4n) is 0.859. The molecule has 1 heterocycles. The van der Waals surface area contributed by atoms with Gasteiger partial charge in [0.05, 0.1) is 24.9 Å². The molecule has 0 bridgehead atoms. The van der Waals surface area contributed by atoms with Gasteiger partial charge in [0.2, 0.25) is 0 Å². The molecule has 13 heavy (non-hydrogen) atoms. The van der Waals surface area contributed by atoms with E-state index in [-0.39, 0.29) is 19.3 Å². The maximum Gasteiger partial charge on any atom is 0.183 e. The van der Waals surface area contributed by atoms with E-state index in [1.165, 1.54) is 11.3 Å². The molecule has 74 valence electrons. The van der Waals surface area contributed by atoms with E-state index in [4.69, 9.17) is 10.2 Å². The summed E-state index contributed by atoms with van der Waals surface area (Å²) < 4.78 is 0. The number of nitrogens with zero attached hydrogens (tertiary/aromatic N) is 1. The number of hydrogen-bond donors (Lipinski definition) is 3. The summed E-state index contributed by atoms with van der Waals surface area (Å²) in [6.07, 6.45) is 0.904. The fraction of sp³-hybridized carbons (Fsp3) is 0.625. The monoisotopic (exact) mass is 202 g/mol. The summed E-state index contributed by atoms with van der Waals surface area (Å²) in [5.74, 6) is 0. The van der Waals surface area contributed by atoms with Crippen LogP contribution >= 0.6 is 11.3 Å². The van der Waals surface area contributed by atoms with Gasteiger partial charge < -0.3 is 15.5 Å². The van der Waals surface area contributed by atoms with Crippen LogP contribution in [0.25, 0.3) is 0 Å². The Balaban J connectivity index is 2.52. The molecule has 1 aromatic heterocycles. The highest BCUT2D eigenvalue weighted by atomic mass is 32.1. The first-order chi connectivity index (χ1) is 6.30. The lowest BCUT2D eigenvalue weighted by Gasteiger charge is -2.11. The fourth-order valence-corrected chi connectivity index (χ4v) is 1.73. The van der Waals surface area contributed by atoms with E-state index in [0.29, 0.717) is 0 Å². The highest BCUT2D eigenvalue weighted by Gasteiger charge is 2.07. The first-order valence-corrected chi connectivity index (χ1v) is 5.10. The molecule has 0 saturated heterocycles. The molecule has 5 heteroatoms. The summed E-state index contributed by atoms with van der Waals surface area (Å²) in [6.45, 7) is 1.86. The molecular formula is C8H14N2O2S. The number of hydrogen-bond acceptors (Lipinski definition) is 5. The smallest absolute Gasteiger partial charge is 0.183 e. The molecule has 0 saturated carbocycles. The van der Waals surface area contributed by atoms with Crippen molar-refractivity contribution in [2.24, 2.45) is 0 Å². The van der Waals surface area contributed by atoms with Gasteiger partial charge >= 0.3 is 0 Å². The van der Waals surface area contributed by atoms with E-state index in [0.717, 1.165) is 17.2 Å². The Morgan fingerprint density at radius 2 is 2.23 bits per heavy atom. The third-order valence-electron chi connectivity index (χ3n) is 1.68. The molecular weight excluding hydrogens is 188 g/mol. The molecule has 1 aromatic rings. The van der Waals surface area contributed by atoms with Crippen LogP contribution in [0.3, 0.4) is 0 Å². The number of aromatic nitrogens is 1.